The van der Waals surface area contributed by atoms with E-state index in [-0.39, 0.29) is 11.8 Å². The van der Waals surface area contributed by atoms with Crippen LogP contribution in [0.25, 0.3) is 0 Å². The third-order valence-corrected chi connectivity index (χ3v) is 5.09. The summed E-state index contributed by atoms with van der Waals surface area (Å²) in [5, 5.41) is 2.82. The van der Waals surface area contributed by atoms with E-state index < -0.39 is 0 Å². The monoisotopic (exact) mass is 394 g/mol. The van der Waals surface area contributed by atoms with Crippen molar-refractivity contribution in [1.82, 2.24) is 4.90 Å². The number of carbonyl (C=O) groups excluding carboxylic acids is 2. The van der Waals surface area contributed by atoms with Gasteiger partial charge in [0.15, 0.2) is 0 Å². The molecule has 1 aromatic heterocycles. The summed E-state index contributed by atoms with van der Waals surface area (Å²) in [5.41, 5.74) is 1.18. The molecule has 23 heavy (non-hydrogen) atoms. The second kappa shape index (κ2) is 7.25. The third kappa shape index (κ3) is 3.99. The normalized spacial score (nSPS) is 14.6. The molecule has 1 saturated heterocycles. The Bertz CT molecular complexity index is 726. The SMILES string of the molecule is O=C(Nc1cccc(C(=O)N2CCOCC2)c1)c1ccc(Br)s1. The number of benzene rings is 1. The molecule has 120 valence electrons. The Labute approximate surface area is 146 Å². The van der Waals surface area contributed by atoms with Gasteiger partial charge >= 0.3 is 0 Å². The van der Waals surface area contributed by atoms with Crippen LogP contribution in [0.2, 0.25) is 0 Å². The van der Waals surface area contributed by atoms with Crippen LogP contribution < -0.4 is 5.32 Å². The summed E-state index contributed by atoms with van der Waals surface area (Å²) in [6.45, 7) is 2.32. The fourth-order valence-electron chi connectivity index (χ4n) is 2.31. The minimum atomic E-state index is -0.184. The highest BCUT2D eigenvalue weighted by Crippen LogP contribution is 2.23. The van der Waals surface area contributed by atoms with Gasteiger partial charge in [0.05, 0.1) is 21.9 Å². The van der Waals surface area contributed by atoms with E-state index in [0.717, 1.165) is 3.79 Å². The van der Waals surface area contributed by atoms with Gasteiger partial charge in [0.2, 0.25) is 0 Å². The van der Waals surface area contributed by atoms with E-state index in [1.165, 1.54) is 11.3 Å². The van der Waals surface area contributed by atoms with E-state index in [9.17, 15) is 9.59 Å². The van der Waals surface area contributed by atoms with Crippen LogP contribution in [-0.2, 0) is 4.74 Å². The number of carbonyl (C=O) groups is 2. The lowest BCUT2D eigenvalue weighted by Crippen LogP contribution is -2.40. The summed E-state index contributed by atoms with van der Waals surface area (Å²) in [7, 11) is 0. The van der Waals surface area contributed by atoms with Crippen molar-refractivity contribution >= 4 is 44.8 Å². The second-order valence-corrected chi connectivity index (χ2v) is 7.51. The van der Waals surface area contributed by atoms with Gasteiger partial charge in [0, 0.05) is 24.3 Å². The summed E-state index contributed by atoms with van der Waals surface area (Å²) in [4.78, 5) is 27.0. The number of thiophene rings is 1. The molecule has 0 spiro atoms. The highest BCUT2D eigenvalue weighted by Gasteiger charge is 2.19. The lowest BCUT2D eigenvalue weighted by atomic mass is 10.1. The Morgan fingerprint density at radius 2 is 1.96 bits per heavy atom. The summed E-state index contributed by atoms with van der Waals surface area (Å²) in [6.07, 6.45) is 0. The topological polar surface area (TPSA) is 58.6 Å². The molecule has 0 unspecified atom stereocenters. The number of nitrogens with zero attached hydrogens (tertiary/aromatic N) is 1. The van der Waals surface area contributed by atoms with Crippen molar-refractivity contribution in [3.8, 4) is 0 Å². The minimum absolute atomic E-state index is 0.0386. The molecule has 0 atom stereocenters. The van der Waals surface area contributed by atoms with Crippen LogP contribution in [0, 0.1) is 0 Å². The largest absolute Gasteiger partial charge is 0.378 e. The minimum Gasteiger partial charge on any atom is -0.378 e. The average Bonchev–Trinajstić information content (AvgIpc) is 3.02. The van der Waals surface area contributed by atoms with E-state index in [1.54, 1.807) is 35.2 Å². The van der Waals surface area contributed by atoms with Gasteiger partial charge in [-0.2, -0.15) is 0 Å². The Kier molecular flexibility index (Phi) is 5.09. The first-order chi connectivity index (χ1) is 11.1. The fraction of sp³-hybridized carbons (Fsp3) is 0.250. The smallest absolute Gasteiger partial charge is 0.265 e. The number of rotatable bonds is 3. The molecule has 0 bridgehead atoms. The number of morpholine rings is 1. The molecule has 0 aliphatic carbocycles. The van der Waals surface area contributed by atoms with E-state index >= 15 is 0 Å². The molecule has 2 aromatic rings. The van der Waals surface area contributed by atoms with Gasteiger partial charge in [0.1, 0.15) is 0 Å². The maximum Gasteiger partial charge on any atom is 0.265 e. The highest BCUT2D eigenvalue weighted by atomic mass is 79.9. The first-order valence-corrected chi connectivity index (χ1v) is 8.78. The second-order valence-electron chi connectivity index (χ2n) is 5.04. The van der Waals surface area contributed by atoms with E-state index in [1.807, 2.05) is 6.07 Å². The van der Waals surface area contributed by atoms with Crippen molar-refractivity contribution in [2.75, 3.05) is 31.6 Å². The standard InChI is InChI=1S/C16H15BrN2O3S/c17-14-5-4-13(23-14)15(20)18-12-3-1-2-11(10-12)16(21)19-6-8-22-9-7-19/h1-5,10H,6-9H2,(H,18,20). The molecule has 1 aromatic carbocycles. The van der Waals surface area contributed by atoms with Crippen LogP contribution in [0.15, 0.2) is 40.2 Å². The van der Waals surface area contributed by atoms with Gasteiger partial charge in [-0.05, 0) is 46.3 Å². The number of amides is 2. The maximum absolute atomic E-state index is 12.5. The van der Waals surface area contributed by atoms with Crippen LogP contribution in [0.5, 0.6) is 0 Å². The van der Waals surface area contributed by atoms with Crippen LogP contribution in [-0.4, -0.2) is 43.0 Å². The first kappa shape index (κ1) is 16.2. The van der Waals surface area contributed by atoms with Crippen LogP contribution >= 0.6 is 27.3 Å². The average molecular weight is 395 g/mol. The Morgan fingerprint density at radius 1 is 1.17 bits per heavy atom. The van der Waals surface area contributed by atoms with Crippen molar-refractivity contribution < 1.29 is 14.3 Å². The Hall–Kier alpha value is -1.70. The van der Waals surface area contributed by atoms with Gasteiger partial charge < -0.3 is 15.0 Å². The van der Waals surface area contributed by atoms with E-state index in [2.05, 4.69) is 21.2 Å². The van der Waals surface area contributed by atoms with Crippen molar-refractivity contribution in [3.63, 3.8) is 0 Å². The molecule has 1 aliphatic heterocycles. The molecule has 1 fully saturated rings. The molecule has 7 heteroatoms. The van der Waals surface area contributed by atoms with Crippen molar-refractivity contribution in [2.45, 2.75) is 0 Å². The zero-order chi connectivity index (χ0) is 16.2. The number of hydrogen-bond donors (Lipinski definition) is 1. The lowest BCUT2D eigenvalue weighted by molar-refractivity contribution is 0.0303. The van der Waals surface area contributed by atoms with Gasteiger partial charge in [0.25, 0.3) is 11.8 Å². The number of nitrogens with one attached hydrogen (secondary N) is 1. The zero-order valence-corrected chi connectivity index (χ0v) is 14.7. The lowest BCUT2D eigenvalue weighted by Gasteiger charge is -2.27. The predicted octanol–water partition coefficient (Wildman–Crippen LogP) is 3.24. The van der Waals surface area contributed by atoms with E-state index in [4.69, 9.17) is 4.74 Å². The van der Waals surface area contributed by atoms with Gasteiger partial charge in [-0.3, -0.25) is 9.59 Å². The summed E-state index contributed by atoms with van der Waals surface area (Å²) < 4.78 is 6.16. The molecule has 0 radical (unpaired) electrons. The molecular weight excluding hydrogens is 380 g/mol. The van der Waals surface area contributed by atoms with Crippen molar-refractivity contribution in [2.24, 2.45) is 0 Å². The number of hydrogen-bond acceptors (Lipinski definition) is 4. The molecule has 1 N–H and O–H groups in total. The maximum atomic E-state index is 12.5. The van der Waals surface area contributed by atoms with Crippen LogP contribution in [0.4, 0.5) is 5.69 Å². The number of halogens is 1. The summed E-state index contributed by atoms with van der Waals surface area (Å²) in [6, 6.07) is 10.6. The quantitative estimate of drug-likeness (QED) is 0.868. The van der Waals surface area contributed by atoms with E-state index in [0.29, 0.717) is 42.4 Å². The summed E-state index contributed by atoms with van der Waals surface area (Å²) in [5.74, 6) is -0.222. The predicted molar refractivity (Wildman–Crippen MR) is 93.1 cm³/mol. The fourth-order valence-corrected chi connectivity index (χ4v) is 3.59. The third-order valence-electron chi connectivity index (χ3n) is 3.46. The highest BCUT2D eigenvalue weighted by molar-refractivity contribution is 9.11. The van der Waals surface area contributed by atoms with Crippen LogP contribution in [0.3, 0.4) is 0 Å². The molecule has 2 heterocycles. The van der Waals surface area contributed by atoms with Gasteiger partial charge in [-0.25, -0.2) is 0 Å². The zero-order valence-electron chi connectivity index (χ0n) is 12.3. The Balaban J connectivity index is 1.71. The van der Waals surface area contributed by atoms with Crippen molar-refractivity contribution in [1.29, 1.82) is 0 Å². The molecular formula is C16H15BrN2O3S. The summed E-state index contributed by atoms with van der Waals surface area (Å²) >= 11 is 4.70. The van der Waals surface area contributed by atoms with Gasteiger partial charge in [-0.15, -0.1) is 11.3 Å². The number of anilines is 1. The first-order valence-electron chi connectivity index (χ1n) is 7.17. The van der Waals surface area contributed by atoms with Crippen molar-refractivity contribution in [3.05, 3.63) is 50.6 Å². The molecule has 3 rings (SSSR count). The molecule has 2 amide bonds. The molecule has 1 aliphatic rings. The molecule has 5 nitrogen and oxygen atoms in total. The van der Waals surface area contributed by atoms with Crippen LogP contribution in [0.1, 0.15) is 20.0 Å². The number of ether oxygens (including phenoxy) is 1. The Morgan fingerprint density at radius 3 is 2.65 bits per heavy atom. The van der Waals surface area contributed by atoms with Gasteiger partial charge in [-0.1, -0.05) is 6.07 Å². The molecule has 0 saturated carbocycles.